The van der Waals surface area contributed by atoms with E-state index in [4.69, 9.17) is 9.52 Å². The number of rotatable bonds is 7. The number of carbonyl (C=O) groups is 1. The molecule has 0 fully saturated rings. The van der Waals surface area contributed by atoms with Gasteiger partial charge in [0.05, 0.1) is 19.2 Å². The maximum absolute atomic E-state index is 11.2. The summed E-state index contributed by atoms with van der Waals surface area (Å²) in [6.45, 7) is 3.39. The van der Waals surface area contributed by atoms with Crippen molar-refractivity contribution < 1.29 is 14.3 Å². The second-order valence-electron chi connectivity index (χ2n) is 4.67. The molecule has 1 N–H and O–H groups in total. The molecule has 0 aliphatic rings. The van der Waals surface area contributed by atoms with Crippen LogP contribution in [0.3, 0.4) is 0 Å². The average Bonchev–Trinajstić information content (AvgIpc) is 2.96. The first-order valence-corrected chi connectivity index (χ1v) is 6.74. The summed E-state index contributed by atoms with van der Waals surface area (Å²) < 4.78 is 5.37. The lowest BCUT2D eigenvalue weighted by atomic mass is 10.0. The van der Waals surface area contributed by atoms with Gasteiger partial charge in [-0.1, -0.05) is 37.3 Å². The number of carboxylic acids is 1. The Morgan fingerprint density at radius 2 is 2.00 bits per heavy atom. The fraction of sp³-hybridized carbons (Fsp3) is 0.312. The molecule has 4 nitrogen and oxygen atoms in total. The quantitative estimate of drug-likeness (QED) is 0.840. The SMILES string of the molecule is CCN(Cc1ccco1)C(CC(=O)O)c1ccccc1. The van der Waals surface area contributed by atoms with E-state index in [-0.39, 0.29) is 12.5 Å². The van der Waals surface area contributed by atoms with Gasteiger partial charge in [-0.2, -0.15) is 0 Å². The monoisotopic (exact) mass is 273 g/mol. The smallest absolute Gasteiger partial charge is 0.305 e. The molecule has 1 aromatic carbocycles. The molecular formula is C16H19NO3. The Kier molecular flexibility index (Phi) is 4.96. The van der Waals surface area contributed by atoms with Crippen LogP contribution in [0.5, 0.6) is 0 Å². The number of carboxylic acid groups (broad SMARTS) is 1. The van der Waals surface area contributed by atoms with Crippen molar-refractivity contribution in [3.05, 3.63) is 60.1 Å². The molecule has 1 atom stereocenters. The predicted octanol–water partition coefficient (Wildman–Crippen LogP) is 3.32. The summed E-state index contributed by atoms with van der Waals surface area (Å²) in [5.74, 6) is 0.0508. The third-order valence-electron chi connectivity index (χ3n) is 3.34. The molecule has 0 spiro atoms. The second kappa shape index (κ2) is 6.91. The van der Waals surface area contributed by atoms with E-state index in [2.05, 4.69) is 4.90 Å². The van der Waals surface area contributed by atoms with Gasteiger partial charge in [-0.15, -0.1) is 0 Å². The van der Waals surface area contributed by atoms with E-state index in [9.17, 15) is 4.79 Å². The first kappa shape index (κ1) is 14.3. The van der Waals surface area contributed by atoms with Crippen LogP contribution < -0.4 is 0 Å². The third-order valence-corrected chi connectivity index (χ3v) is 3.34. The fourth-order valence-electron chi connectivity index (χ4n) is 2.34. The highest BCUT2D eigenvalue weighted by Crippen LogP contribution is 2.26. The van der Waals surface area contributed by atoms with E-state index >= 15 is 0 Å². The zero-order valence-corrected chi connectivity index (χ0v) is 11.5. The van der Waals surface area contributed by atoms with Crippen LogP contribution in [-0.2, 0) is 11.3 Å². The van der Waals surface area contributed by atoms with E-state index in [0.29, 0.717) is 6.54 Å². The van der Waals surface area contributed by atoms with Gasteiger partial charge in [0.2, 0.25) is 0 Å². The molecule has 1 unspecified atom stereocenters. The number of hydrogen-bond acceptors (Lipinski definition) is 3. The van der Waals surface area contributed by atoms with Crippen LogP contribution in [0, 0.1) is 0 Å². The Hall–Kier alpha value is -2.07. The van der Waals surface area contributed by atoms with Crippen LogP contribution in [0.15, 0.2) is 53.1 Å². The first-order chi connectivity index (χ1) is 9.70. The average molecular weight is 273 g/mol. The van der Waals surface area contributed by atoms with Gasteiger partial charge in [0.15, 0.2) is 0 Å². The van der Waals surface area contributed by atoms with Crippen LogP contribution in [0.4, 0.5) is 0 Å². The Morgan fingerprint density at radius 3 is 2.55 bits per heavy atom. The summed E-state index contributed by atoms with van der Waals surface area (Å²) in [5, 5.41) is 9.17. The zero-order chi connectivity index (χ0) is 14.4. The van der Waals surface area contributed by atoms with Crippen molar-refractivity contribution in [3.63, 3.8) is 0 Å². The summed E-state index contributed by atoms with van der Waals surface area (Å²) in [4.78, 5) is 13.3. The highest BCUT2D eigenvalue weighted by atomic mass is 16.4. The van der Waals surface area contributed by atoms with Gasteiger partial charge in [0.25, 0.3) is 0 Å². The van der Waals surface area contributed by atoms with E-state index in [1.54, 1.807) is 6.26 Å². The van der Waals surface area contributed by atoms with Crippen molar-refractivity contribution in [1.29, 1.82) is 0 Å². The molecule has 0 amide bonds. The molecule has 1 aromatic heterocycles. The van der Waals surface area contributed by atoms with Gasteiger partial charge >= 0.3 is 5.97 Å². The number of aliphatic carboxylic acids is 1. The van der Waals surface area contributed by atoms with E-state index in [1.165, 1.54) is 0 Å². The number of hydrogen-bond donors (Lipinski definition) is 1. The summed E-state index contributed by atoms with van der Waals surface area (Å²) in [7, 11) is 0. The molecule has 106 valence electrons. The van der Waals surface area contributed by atoms with Crippen LogP contribution in [0.25, 0.3) is 0 Å². The summed E-state index contributed by atoms with van der Waals surface area (Å²) in [6, 6.07) is 13.4. The van der Waals surface area contributed by atoms with Gasteiger partial charge in [-0.05, 0) is 24.2 Å². The fourth-order valence-corrected chi connectivity index (χ4v) is 2.34. The summed E-state index contributed by atoms with van der Waals surface area (Å²) >= 11 is 0. The summed E-state index contributed by atoms with van der Waals surface area (Å²) in [5.41, 5.74) is 1.02. The van der Waals surface area contributed by atoms with Crippen LogP contribution >= 0.6 is 0 Å². The van der Waals surface area contributed by atoms with E-state index in [0.717, 1.165) is 17.9 Å². The van der Waals surface area contributed by atoms with Gasteiger partial charge in [0.1, 0.15) is 5.76 Å². The minimum Gasteiger partial charge on any atom is -0.481 e. The van der Waals surface area contributed by atoms with Crippen molar-refractivity contribution in [3.8, 4) is 0 Å². The Labute approximate surface area is 118 Å². The molecule has 0 aliphatic heterocycles. The van der Waals surface area contributed by atoms with Crippen molar-refractivity contribution in [2.24, 2.45) is 0 Å². The lowest BCUT2D eigenvalue weighted by Crippen LogP contribution is -2.29. The van der Waals surface area contributed by atoms with Crippen molar-refractivity contribution in [2.75, 3.05) is 6.54 Å². The molecule has 0 bridgehead atoms. The van der Waals surface area contributed by atoms with Gasteiger partial charge in [-0.3, -0.25) is 9.69 Å². The minimum atomic E-state index is -0.795. The van der Waals surface area contributed by atoms with E-state index in [1.807, 2.05) is 49.4 Å². The molecule has 1 heterocycles. The predicted molar refractivity (Wildman–Crippen MR) is 76.2 cm³/mol. The third kappa shape index (κ3) is 3.71. The van der Waals surface area contributed by atoms with E-state index < -0.39 is 5.97 Å². The highest BCUT2D eigenvalue weighted by Gasteiger charge is 2.22. The summed E-state index contributed by atoms with van der Waals surface area (Å²) in [6.07, 6.45) is 1.72. The normalized spacial score (nSPS) is 12.5. The largest absolute Gasteiger partial charge is 0.481 e. The van der Waals surface area contributed by atoms with Crippen molar-refractivity contribution in [1.82, 2.24) is 4.90 Å². The van der Waals surface area contributed by atoms with Gasteiger partial charge in [0, 0.05) is 6.04 Å². The Bertz CT molecular complexity index is 522. The molecule has 0 saturated heterocycles. The van der Waals surface area contributed by atoms with Gasteiger partial charge < -0.3 is 9.52 Å². The van der Waals surface area contributed by atoms with Gasteiger partial charge in [-0.25, -0.2) is 0 Å². The Morgan fingerprint density at radius 1 is 1.25 bits per heavy atom. The zero-order valence-electron chi connectivity index (χ0n) is 11.5. The standard InChI is InChI=1S/C16H19NO3/c1-2-17(12-14-9-6-10-20-14)15(11-16(18)19)13-7-4-3-5-8-13/h3-10,15H,2,11-12H2,1H3,(H,18,19). The molecule has 2 rings (SSSR count). The maximum Gasteiger partial charge on any atom is 0.305 e. The van der Waals surface area contributed by atoms with Crippen LogP contribution in [0.1, 0.15) is 30.7 Å². The molecule has 4 heteroatoms. The molecule has 0 radical (unpaired) electrons. The number of benzene rings is 1. The second-order valence-corrected chi connectivity index (χ2v) is 4.67. The van der Waals surface area contributed by atoms with Crippen molar-refractivity contribution >= 4 is 5.97 Å². The molecule has 0 aliphatic carbocycles. The maximum atomic E-state index is 11.2. The van der Waals surface area contributed by atoms with Crippen LogP contribution in [-0.4, -0.2) is 22.5 Å². The molecule has 20 heavy (non-hydrogen) atoms. The highest BCUT2D eigenvalue weighted by molar-refractivity contribution is 5.67. The van der Waals surface area contributed by atoms with Crippen LogP contribution in [0.2, 0.25) is 0 Å². The molecule has 0 saturated carbocycles. The number of nitrogens with zero attached hydrogens (tertiary/aromatic N) is 1. The first-order valence-electron chi connectivity index (χ1n) is 6.74. The number of furan rings is 1. The molecule has 2 aromatic rings. The minimum absolute atomic E-state index is 0.0819. The lowest BCUT2D eigenvalue weighted by molar-refractivity contribution is -0.138. The Balaban J connectivity index is 2.21. The van der Waals surface area contributed by atoms with Crippen molar-refractivity contribution in [2.45, 2.75) is 25.9 Å². The lowest BCUT2D eigenvalue weighted by Gasteiger charge is -2.29. The topological polar surface area (TPSA) is 53.7 Å². The molecular weight excluding hydrogens is 254 g/mol.